The van der Waals surface area contributed by atoms with E-state index in [0.717, 1.165) is 16.7 Å². The van der Waals surface area contributed by atoms with Crippen molar-refractivity contribution in [1.82, 2.24) is 15.0 Å². The molecule has 0 radical (unpaired) electrons. The van der Waals surface area contributed by atoms with E-state index in [1.54, 1.807) is 0 Å². The van der Waals surface area contributed by atoms with Gasteiger partial charge in [0, 0.05) is 36.9 Å². The number of rotatable bonds is 3. The van der Waals surface area contributed by atoms with Crippen LogP contribution in [0, 0.1) is 0 Å². The Hall–Kier alpha value is -5.97. The molecule has 0 amide bonds. The van der Waals surface area contributed by atoms with Crippen LogP contribution in [0.5, 0.6) is 0 Å². The first-order valence-electron chi connectivity index (χ1n) is 15.8. The zero-order chi connectivity index (χ0) is 30.9. The molecule has 0 aliphatic carbocycles. The molecule has 0 atom stereocenters. The molecule has 3 nitrogen and oxygen atoms in total. The van der Waals surface area contributed by atoms with Gasteiger partial charge in [-0.3, -0.25) is 0 Å². The standard InChI is InChI=1S/C43H25N3S/c1-2-9-28(10-3-1)41-44-42(46-43(45-41)30-18-23-40-38(25-30)36-12-6-7-13-39(36)47-40)29-15-14-27-17-20-34-33-19-16-26-8-4-5-11-31(26)32(33)21-22-35(34)37(27)24-29/h1-25H. The molecule has 0 aliphatic heterocycles. The molecular weight excluding hydrogens is 591 g/mol. The summed E-state index contributed by atoms with van der Waals surface area (Å²) in [5, 5.41) is 12.4. The Balaban J connectivity index is 1.18. The first-order chi connectivity index (χ1) is 23.3. The Labute approximate surface area is 274 Å². The summed E-state index contributed by atoms with van der Waals surface area (Å²) >= 11 is 1.82. The highest BCUT2D eigenvalue weighted by atomic mass is 32.1. The average molecular weight is 616 g/mol. The zero-order valence-corrected chi connectivity index (χ0v) is 26.0. The molecule has 2 heterocycles. The van der Waals surface area contributed by atoms with E-state index in [2.05, 4.69) is 133 Å². The van der Waals surface area contributed by atoms with Gasteiger partial charge in [-0.05, 0) is 73.4 Å². The molecule has 0 unspecified atom stereocenters. The number of hydrogen-bond donors (Lipinski definition) is 0. The van der Waals surface area contributed by atoms with Gasteiger partial charge in [-0.25, -0.2) is 15.0 Å². The third-order valence-electron chi connectivity index (χ3n) is 9.30. The topological polar surface area (TPSA) is 38.7 Å². The molecule has 0 spiro atoms. The predicted octanol–water partition coefficient (Wildman–Crippen LogP) is 11.9. The molecule has 0 aliphatic rings. The quantitative estimate of drug-likeness (QED) is 0.186. The second-order valence-electron chi connectivity index (χ2n) is 12.0. The molecule has 8 aromatic carbocycles. The lowest BCUT2D eigenvalue weighted by Gasteiger charge is -2.12. The fraction of sp³-hybridized carbons (Fsp3) is 0. The summed E-state index contributed by atoms with van der Waals surface area (Å²) in [5.41, 5.74) is 2.91. The van der Waals surface area contributed by atoms with Crippen molar-refractivity contribution in [2.45, 2.75) is 0 Å². The van der Waals surface area contributed by atoms with Crippen LogP contribution in [0.3, 0.4) is 0 Å². The fourth-order valence-corrected chi connectivity index (χ4v) is 8.08. The van der Waals surface area contributed by atoms with Crippen LogP contribution >= 0.6 is 11.3 Å². The maximum absolute atomic E-state index is 5.12. The van der Waals surface area contributed by atoms with Crippen molar-refractivity contribution in [2.24, 2.45) is 0 Å². The highest BCUT2D eigenvalue weighted by molar-refractivity contribution is 7.25. The number of fused-ring (bicyclic) bond motifs is 10. The van der Waals surface area contributed by atoms with E-state index in [1.807, 2.05) is 29.5 Å². The van der Waals surface area contributed by atoms with Crippen molar-refractivity contribution in [3.8, 4) is 34.2 Å². The highest BCUT2D eigenvalue weighted by Gasteiger charge is 2.15. The number of thiophene rings is 1. The number of hydrogen-bond acceptors (Lipinski definition) is 4. The third-order valence-corrected chi connectivity index (χ3v) is 10.5. The van der Waals surface area contributed by atoms with E-state index < -0.39 is 0 Å². The molecule has 4 heteroatoms. The van der Waals surface area contributed by atoms with E-state index in [0.29, 0.717) is 17.5 Å². The summed E-state index contributed by atoms with van der Waals surface area (Å²) in [6.07, 6.45) is 0. The Morgan fingerprint density at radius 2 is 0.787 bits per heavy atom. The van der Waals surface area contributed by atoms with Gasteiger partial charge in [0.05, 0.1) is 0 Å². The smallest absolute Gasteiger partial charge is 0.164 e. The first-order valence-corrected chi connectivity index (χ1v) is 16.6. The molecule has 0 saturated heterocycles. The summed E-state index contributed by atoms with van der Waals surface area (Å²) in [6, 6.07) is 54.0. The van der Waals surface area contributed by atoms with Gasteiger partial charge in [-0.15, -0.1) is 11.3 Å². The van der Waals surface area contributed by atoms with Crippen molar-refractivity contribution in [1.29, 1.82) is 0 Å². The van der Waals surface area contributed by atoms with Crippen molar-refractivity contribution in [3.63, 3.8) is 0 Å². The maximum Gasteiger partial charge on any atom is 0.164 e. The lowest BCUT2D eigenvalue weighted by Crippen LogP contribution is -2.00. The summed E-state index contributed by atoms with van der Waals surface area (Å²) in [4.78, 5) is 15.2. The number of nitrogens with zero attached hydrogens (tertiary/aromatic N) is 3. The first kappa shape index (κ1) is 26.3. The van der Waals surface area contributed by atoms with Gasteiger partial charge in [0.15, 0.2) is 17.5 Å². The summed E-state index contributed by atoms with van der Waals surface area (Å²) < 4.78 is 2.54. The van der Waals surface area contributed by atoms with Crippen molar-refractivity contribution >= 4 is 74.6 Å². The van der Waals surface area contributed by atoms with Crippen LogP contribution in [0.25, 0.3) is 97.4 Å². The molecule has 0 N–H and O–H groups in total. The largest absolute Gasteiger partial charge is 0.208 e. The van der Waals surface area contributed by atoms with Gasteiger partial charge in [0.25, 0.3) is 0 Å². The minimum absolute atomic E-state index is 0.662. The van der Waals surface area contributed by atoms with Crippen LogP contribution in [-0.2, 0) is 0 Å². The molecule has 10 aromatic rings. The Morgan fingerprint density at radius 1 is 0.298 bits per heavy atom. The van der Waals surface area contributed by atoms with Gasteiger partial charge in [-0.1, -0.05) is 121 Å². The van der Waals surface area contributed by atoms with E-state index in [4.69, 9.17) is 15.0 Å². The van der Waals surface area contributed by atoms with Gasteiger partial charge < -0.3 is 0 Å². The Morgan fingerprint density at radius 3 is 1.55 bits per heavy atom. The molecule has 0 bridgehead atoms. The van der Waals surface area contributed by atoms with Crippen LogP contribution in [0.2, 0.25) is 0 Å². The molecule has 0 saturated carbocycles. The third kappa shape index (κ3) is 4.23. The average Bonchev–Trinajstić information content (AvgIpc) is 3.52. The van der Waals surface area contributed by atoms with Gasteiger partial charge in [0.2, 0.25) is 0 Å². The zero-order valence-electron chi connectivity index (χ0n) is 25.2. The molecule has 47 heavy (non-hydrogen) atoms. The van der Waals surface area contributed by atoms with Crippen LogP contribution in [0.15, 0.2) is 152 Å². The van der Waals surface area contributed by atoms with Crippen LogP contribution in [0.1, 0.15) is 0 Å². The summed E-state index contributed by atoms with van der Waals surface area (Å²) in [6.45, 7) is 0. The fourth-order valence-electron chi connectivity index (χ4n) is 6.99. The second-order valence-corrected chi connectivity index (χ2v) is 13.1. The Bertz CT molecular complexity index is 2850. The molecule has 10 rings (SSSR count). The lowest BCUT2D eigenvalue weighted by atomic mass is 9.93. The molecule has 218 valence electrons. The Kier molecular flexibility index (Phi) is 5.74. The van der Waals surface area contributed by atoms with Crippen LogP contribution in [0.4, 0.5) is 0 Å². The van der Waals surface area contributed by atoms with E-state index in [9.17, 15) is 0 Å². The predicted molar refractivity (Wildman–Crippen MR) is 199 cm³/mol. The van der Waals surface area contributed by atoms with Gasteiger partial charge >= 0.3 is 0 Å². The van der Waals surface area contributed by atoms with Crippen molar-refractivity contribution < 1.29 is 0 Å². The second kappa shape index (κ2) is 10.3. The minimum atomic E-state index is 0.662. The monoisotopic (exact) mass is 615 g/mol. The SMILES string of the molecule is c1ccc(-c2nc(-c3ccc4ccc5c(ccc6c7ccccc7ccc65)c4c3)nc(-c3ccc4sc5ccccc5c4c3)n2)cc1. The minimum Gasteiger partial charge on any atom is -0.208 e. The van der Waals surface area contributed by atoms with E-state index in [-0.39, 0.29) is 0 Å². The number of benzene rings is 8. The normalized spacial score (nSPS) is 11.8. The molecule has 2 aromatic heterocycles. The van der Waals surface area contributed by atoms with Gasteiger partial charge in [-0.2, -0.15) is 0 Å². The summed E-state index contributed by atoms with van der Waals surface area (Å²) in [7, 11) is 0. The highest BCUT2D eigenvalue weighted by Crippen LogP contribution is 2.38. The van der Waals surface area contributed by atoms with Crippen molar-refractivity contribution in [2.75, 3.05) is 0 Å². The van der Waals surface area contributed by atoms with Crippen LogP contribution in [-0.4, -0.2) is 15.0 Å². The van der Waals surface area contributed by atoms with Crippen LogP contribution < -0.4 is 0 Å². The number of aromatic nitrogens is 3. The lowest BCUT2D eigenvalue weighted by molar-refractivity contribution is 1.08. The molecule has 0 fully saturated rings. The summed E-state index contributed by atoms with van der Waals surface area (Å²) in [5.74, 6) is 1.99. The maximum atomic E-state index is 5.12. The van der Waals surface area contributed by atoms with Crippen molar-refractivity contribution in [3.05, 3.63) is 152 Å². The van der Waals surface area contributed by atoms with E-state index in [1.165, 1.54) is 63.3 Å². The van der Waals surface area contributed by atoms with E-state index >= 15 is 0 Å². The van der Waals surface area contributed by atoms with Gasteiger partial charge in [0.1, 0.15) is 0 Å². The molecular formula is C43H25N3S.